The van der Waals surface area contributed by atoms with Gasteiger partial charge in [0.25, 0.3) is 0 Å². The van der Waals surface area contributed by atoms with Gasteiger partial charge < -0.3 is 0 Å². The molecule has 0 unspecified atom stereocenters. The lowest BCUT2D eigenvalue weighted by Gasteiger charge is -2.29. The molecule has 0 saturated heterocycles. The highest BCUT2D eigenvalue weighted by molar-refractivity contribution is 7.13. The minimum Gasteiger partial charge on any atom is -0.0616 e. The van der Waals surface area contributed by atoms with Gasteiger partial charge in [0.05, 0.1) is 0 Å². The van der Waals surface area contributed by atoms with E-state index in [9.17, 15) is 0 Å². The second kappa shape index (κ2) is 9.26. The zero-order valence-electron chi connectivity index (χ0n) is 27.2. The minimum absolute atomic E-state index is 1.33. The lowest BCUT2D eigenvalue weighted by molar-refractivity contribution is 1.38. The smallest absolute Gasteiger partial charge is 0.0616 e. The Hall–Kier alpha value is -3.99. The molecule has 0 nitrogen and oxygen atoms in total. The van der Waals surface area contributed by atoms with Crippen LogP contribution in [0.15, 0.2) is 97.1 Å². The summed E-state index contributed by atoms with van der Waals surface area (Å²) in [6, 6.07) is 38.0. The molecule has 2 aliphatic rings. The molecule has 0 spiro atoms. The minimum atomic E-state index is -2.03. The van der Waals surface area contributed by atoms with Gasteiger partial charge >= 0.3 is 0 Å². The Morgan fingerprint density at radius 1 is 0.386 bits per heavy atom. The molecule has 0 bridgehead atoms. The summed E-state index contributed by atoms with van der Waals surface area (Å²) < 4.78 is 0. The van der Waals surface area contributed by atoms with Crippen LogP contribution in [0.5, 0.6) is 0 Å². The van der Waals surface area contributed by atoms with Gasteiger partial charge in [-0.2, -0.15) is 0 Å². The summed E-state index contributed by atoms with van der Waals surface area (Å²) >= 11 is 0. The third-order valence-electron chi connectivity index (χ3n) is 10.5. The Morgan fingerprint density at radius 2 is 0.750 bits per heavy atom. The Labute approximate surface area is 264 Å². The first-order chi connectivity index (χ1) is 20.9. The van der Waals surface area contributed by atoms with E-state index in [1.54, 1.807) is 20.7 Å². The maximum Gasteiger partial charge on any atom is 0.113 e. The van der Waals surface area contributed by atoms with E-state index in [1.165, 1.54) is 77.5 Å². The van der Waals surface area contributed by atoms with Crippen LogP contribution in [0, 0.1) is 27.7 Å². The quantitative estimate of drug-likeness (QED) is 0.174. The molecule has 0 N–H and O–H groups in total. The third kappa shape index (κ3) is 3.80. The summed E-state index contributed by atoms with van der Waals surface area (Å²) in [5, 5.41) is 9.46. The average molecular weight is 601 g/mol. The maximum atomic E-state index is 2.62. The SMILES string of the molecule is Cc1cc(C)cc(-c2ccc3c(c2)[Si](C)(C)c2c4c(c5ccccc5c2-3)-c2ccc(-c3cc(C)cc(C)c3)cc2[Si]4(C)C)c1. The first kappa shape index (κ1) is 27.6. The molecule has 0 radical (unpaired) electrons. The molecular weight excluding hydrogens is 561 g/mol. The predicted octanol–water partition coefficient (Wildman–Crippen LogP) is 9.01. The molecule has 6 aromatic carbocycles. The van der Waals surface area contributed by atoms with E-state index in [1.807, 2.05) is 0 Å². The van der Waals surface area contributed by atoms with Crippen LogP contribution in [0.4, 0.5) is 0 Å². The Kier molecular flexibility index (Phi) is 5.80. The fourth-order valence-corrected chi connectivity index (χ4v) is 17.2. The van der Waals surface area contributed by atoms with Gasteiger partial charge in [0.1, 0.15) is 16.1 Å². The molecule has 0 amide bonds. The van der Waals surface area contributed by atoms with E-state index >= 15 is 0 Å². The van der Waals surface area contributed by atoms with Crippen LogP contribution in [0.2, 0.25) is 26.2 Å². The molecule has 8 rings (SSSR count). The lowest BCUT2D eigenvalue weighted by Crippen LogP contribution is -2.63. The van der Waals surface area contributed by atoms with Crippen molar-refractivity contribution in [2.24, 2.45) is 0 Å². The van der Waals surface area contributed by atoms with Crippen molar-refractivity contribution in [2.45, 2.75) is 53.9 Å². The molecule has 0 aliphatic carbocycles. The normalized spacial score (nSPS) is 15.2. The molecule has 0 atom stereocenters. The summed E-state index contributed by atoms with van der Waals surface area (Å²) in [5.41, 5.74) is 16.7. The van der Waals surface area contributed by atoms with Crippen LogP contribution < -0.4 is 20.7 Å². The molecule has 6 aromatic rings. The van der Waals surface area contributed by atoms with Crippen LogP contribution >= 0.6 is 0 Å². The maximum absolute atomic E-state index is 2.62. The Balaban J connectivity index is 1.40. The summed E-state index contributed by atoms with van der Waals surface area (Å²) in [4.78, 5) is 0. The molecule has 2 heterocycles. The zero-order valence-corrected chi connectivity index (χ0v) is 29.2. The van der Waals surface area contributed by atoms with Gasteiger partial charge in [0.2, 0.25) is 0 Å². The van der Waals surface area contributed by atoms with Crippen LogP contribution in [-0.4, -0.2) is 16.1 Å². The van der Waals surface area contributed by atoms with E-state index in [2.05, 4.69) is 151 Å². The molecule has 0 saturated carbocycles. The Morgan fingerprint density at radius 3 is 1.11 bits per heavy atom. The first-order valence-electron chi connectivity index (χ1n) is 16.0. The van der Waals surface area contributed by atoms with Crippen molar-refractivity contribution in [2.75, 3.05) is 0 Å². The third-order valence-corrected chi connectivity index (χ3v) is 17.8. The van der Waals surface area contributed by atoms with Crippen molar-refractivity contribution in [1.29, 1.82) is 0 Å². The predicted molar refractivity (Wildman–Crippen MR) is 198 cm³/mol. The number of hydrogen-bond acceptors (Lipinski definition) is 0. The van der Waals surface area contributed by atoms with Crippen LogP contribution in [0.25, 0.3) is 55.3 Å². The standard InChI is InChI=1S/C42H40Si2/c1-25-17-26(2)20-31(19-25)29-13-15-35-37(23-29)43(5,6)41-39(35)33-11-9-10-12-34(33)40-36-16-14-30(24-38(36)44(7,8)42(40)41)32-21-27(3)18-28(4)22-32/h9-24H,1-8H3. The van der Waals surface area contributed by atoms with E-state index < -0.39 is 16.1 Å². The van der Waals surface area contributed by atoms with Gasteiger partial charge in [-0.25, -0.2) is 0 Å². The average Bonchev–Trinajstić information content (AvgIpc) is 3.35. The van der Waals surface area contributed by atoms with Gasteiger partial charge in [-0.05, 0) is 104 Å². The van der Waals surface area contributed by atoms with Crippen LogP contribution in [-0.2, 0) is 0 Å². The number of rotatable bonds is 2. The van der Waals surface area contributed by atoms with Crippen molar-refractivity contribution in [3.8, 4) is 44.5 Å². The number of fused-ring (bicyclic) bond motifs is 10. The topological polar surface area (TPSA) is 0 Å². The number of aryl methyl sites for hydroxylation is 4. The van der Waals surface area contributed by atoms with Gasteiger partial charge in [-0.3, -0.25) is 0 Å². The highest BCUT2D eigenvalue weighted by Crippen LogP contribution is 2.43. The largest absolute Gasteiger partial charge is 0.113 e. The summed E-state index contributed by atoms with van der Waals surface area (Å²) in [6.07, 6.45) is 0. The fourth-order valence-electron chi connectivity index (χ4n) is 8.72. The fraction of sp³-hybridized carbons (Fsp3) is 0.190. The van der Waals surface area contributed by atoms with Gasteiger partial charge in [-0.15, -0.1) is 0 Å². The molecule has 0 aromatic heterocycles. The van der Waals surface area contributed by atoms with E-state index in [4.69, 9.17) is 0 Å². The molecular formula is C42H40Si2. The first-order valence-corrected chi connectivity index (χ1v) is 22.0. The van der Waals surface area contributed by atoms with Crippen molar-refractivity contribution >= 4 is 47.7 Å². The van der Waals surface area contributed by atoms with Crippen LogP contribution in [0.3, 0.4) is 0 Å². The number of hydrogen-bond donors (Lipinski definition) is 0. The van der Waals surface area contributed by atoms with Crippen molar-refractivity contribution < 1.29 is 0 Å². The highest BCUT2D eigenvalue weighted by Gasteiger charge is 2.49. The zero-order chi connectivity index (χ0) is 30.7. The molecule has 44 heavy (non-hydrogen) atoms. The van der Waals surface area contributed by atoms with Gasteiger partial charge in [-0.1, -0.05) is 146 Å². The van der Waals surface area contributed by atoms with Gasteiger partial charge in [0, 0.05) is 0 Å². The van der Waals surface area contributed by atoms with Crippen molar-refractivity contribution in [1.82, 2.24) is 0 Å². The molecule has 2 aliphatic heterocycles. The van der Waals surface area contributed by atoms with Crippen molar-refractivity contribution in [3.63, 3.8) is 0 Å². The number of benzene rings is 6. The van der Waals surface area contributed by atoms with Crippen molar-refractivity contribution in [3.05, 3.63) is 119 Å². The second-order valence-electron chi connectivity index (χ2n) is 14.6. The monoisotopic (exact) mass is 600 g/mol. The summed E-state index contributed by atoms with van der Waals surface area (Å²) in [5.74, 6) is 0. The summed E-state index contributed by atoms with van der Waals surface area (Å²) in [7, 11) is -4.07. The summed E-state index contributed by atoms with van der Waals surface area (Å²) in [6.45, 7) is 19.3. The Bertz CT molecular complexity index is 2020. The van der Waals surface area contributed by atoms with E-state index in [0.29, 0.717) is 0 Å². The molecule has 0 fully saturated rings. The van der Waals surface area contributed by atoms with E-state index in [0.717, 1.165) is 0 Å². The molecule has 2 heteroatoms. The lowest BCUT2D eigenvalue weighted by atomic mass is 9.90. The molecule has 216 valence electrons. The van der Waals surface area contributed by atoms with Gasteiger partial charge in [0.15, 0.2) is 0 Å². The highest BCUT2D eigenvalue weighted by atomic mass is 28.3. The van der Waals surface area contributed by atoms with E-state index in [-0.39, 0.29) is 0 Å². The van der Waals surface area contributed by atoms with Crippen LogP contribution in [0.1, 0.15) is 22.3 Å². The second-order valence-corrected chi connectivity index (χ2v) is 23.1.